The third-order valence-corrected chi connectivity index (χ3v) is 1.94. The van der Waals surface area contributed by atoms with Crippen molar-refractivity contribution in [3.8, 4) is 0 Å². The predicted octanol–water partition coefficient (Wildman–Crippen LogP) is 2.19. The molecule has 14 heavy (non-hydrogen) atoms. The molecule has 0 N–H and O–H groups in total. The summed E-state index contributed by atoms with van der Waals surface area (Å²) in [6.07, 6.45) is 0.469. The Morgan fingerprint density at radius 3 is 2.14 bits per heavy atom. The summed E-state index contributed by atoms with van der Waals surface area (Å²) in [7, 11) is 0. The summed E-state index contributed by atoms with van der Waals surface area (Å²) in [5.74, 6) is 0.0165. The quantitative estimate of drug-likeness (QED) is 0.653. The number of ether oxygens (including phenoxy) is 1. The first-order chi connectivity index (χ1) is 6.23. The first kappa shape index (κ1) is 13.1. The highest BCUT2D eigenvalue weighted by molar-refractivity contribution is 5.83. The zero-order chi connectivity index (χ0) is 11.4. The zero-order valence-corrected chi connectivity index (χ0v) is 9.72. The topological polar surface area (TPSA) is 43.4 Å². The van der Waals surface area contributed by atoms with Crippen LogP contribution in [0.4, 0.5) is 0 Å². The lowest BCUT2D eigenvalue weighted by Gasteiger charge is -2.19. The Bertz CT molecular complexity index is 213. The van der Waals surface area contributed by atoms with Gasteiger partial charge in [-0.15, -0.1) is 0 Å². The van der Waals surface area contributed by atoms with Crippen molar-refractivity contribution in [2.45, 2.75) is 41.0 Å². The van der Waals surface area contributed by atoms with Gasteiger partial charge in [-0.2, -0.15) is 0 Å². The van der Waals surface area contributed by atoms with Crippen LogP contribution in [0.25, 0.3) is 0 Å². The van der Waals surface area contributed by atoms with Gasteiger partial charge < -0.3 is 4.74 Å². The van der Waals surface area contributed by atoms with Crippen LogP contribution in [-0.4, -0.2) is 18.4 Å². The summed E-state index contributed by atoms with van der Waals surface area (Å²) in [5, 5.41) is 0. The fourth-order valence-electron chi connectivity index (χ4n) is 0.941. The molecule has 0 saturated heterocycles. The number of Topliss-reactive ketones (excluding diaryl/α,β-unsaturated/α-hetero) is 1. The average molecular weight is 200 g/mol. The molecule has 0 bridgehead atoms. The Balaban J connectivity index is 3.89. The van der Waals surface area contributed by atoms with Gasteiger partial charge in [0.15, 0.2) is 0 Å². The molecule has 0 aromatic heterocycles. The highest BCUT2D eigenvalue weighted by atomic mass is 16.5. The number of ketones is 1. The van der Waals surface area contributed by atoms with Crippen LogP contribution in [0.5, 0.6) is 0 Å². The SMILES string of the molecule is CC(=O)OCC(C)CC(=O)C(C)(C)C. The number of rotatable bonds is 4. The third kappa shape index (κ3) is 5.73. The van der Waals surface area contributed by atoms with Crippen LogP contribution < -0.4 is 0 Å². The largest absolute Gasteiger partial charge is 0.466 e. The summed E-state index contributed by atoms with van der Waals surface area (Å²) in [4.78, 5) is 22.1. The molecule has 3 heteroatoms. The van der Waals surface area contributed by atoms with E-state index >= 15 is 0 Å². The fraction of sp³-hybridized carbons (Fsp3) is 0.818. The molecular weight excluding hydrogens is 180 g/mol. The number of hydrogen-bond donors (Lipinski definition) is 0. The minimum absolute atomic E-state index is 0.102. The van der Waals surface area contributed by atoms with Gasteiger partial charge in [0.1, 0.15) is 5.78 Å². The van der Waals surface area contributed by atoms with Gasteiger partial charge in [-0.25, -0.2) is 0 Å². The highest BCUT2D eigenvalue weighted by Crippen LogP contribution is 2.19. The molecule has 3 nitrogen and oxygen atoms in total. The average Bonchev–Trinajstić information content (AvgIpc) is 1.99. The van der Waals surface area contributed by atoms with E-state index in [0.29, 0.717) is 13.0 Å². The molecular formula is C11H20O3. The van der Waals surface area contributed by atoms with Crippen molar-refractivity contribution in [3.05, 3.63) is 0 Å². The molecule has 1 atom stereocenters. The molecule has 1 unspecified atom stereocenters. The van der Waals surface area contributed by atoms with E-state index in [2.05, 4.69) is 0 Å². The first-order valence-corrected chi connectivity index (χ1v) is 4.90. The Morgan fingerprint density at radius 2 is 1.79 bits per heavy atom. The van der Waals surface area contributed by atoms with Crippen LogP contribution in [0, 0.1) is 11.3 Å². The standard InChI is InChI=1S/C11H20O3/c1-8(7-14-9(2)12)6-10(13)11(3,4)5/h8H,6-7H2,1-5H3. The molecule has 0 heterocycles. The normalized spacial score (nSPS) is 13.5. The zero-order valence-electron chi connectivity index (χ0n) is 9.72. The van der Waals surface area contributed by atoms with Crippen LogP contribution in [0.15, 0.2) is 0 Å². The Kier molecular flexibility index (Phi) is 4.81. The lowest BCUT2D eigenvalue weighted by molar-refractivity contribution is -0.143. The second-order valence-corrected chi connectivity index (χ2v) is 4.79. The van der Waals surface area contributed by atoms with Gasteiger partial charge in [0.25, 0.3) is 0 Å². The van der Waals surface area contributed by atoms with Crippen molar-refractivity contribution in [2.75, 3.05) is 6.61 Å². The van der Waals surface area contributed by atoms with Crippen molar-refractivity contribution < 1.29 is 14.3 Å². The van der Waals surface area contributed by atoms with Crippen molar-refractivity contribution in [1.82, 2.24) is 0 Å². The Hall–Kier alpha value is -0.860. The molecule has 0 spiro atoms. The van der Waals surface area contributed by atoms with Crippen molar-refractivity contribution in [1.29, 1.82) is 0 Å². The molecule has 0 aliphatic carbocycles. The molecule has 0 aromatic carbocycles. The van der Waals surface area contributed by atoms with E-state index in [1.54, 1.807) is 0 Å². The van der Waals surface area contributed by atoms with E-state index in [1.165, 1.54) is 6.92 Å². The van der Waals surface area contributed by atoms with Crippen molar-refractivity contribution in [2.24, 2.45) is 11.3 Å². The Labute approximate surface area is 85.8 Å². The van der Waals surface area contributed by atoms with Crippen LogP contribution in [0.3, 0.4) is 0 Å². The van der Waals surface area contributed by atoms with Gasteiger partial charge in [-0.05, 0) is 5.92 Å². The molecule has 0 fully saturated rings. The molecule has 0 amide bonds. The molecule has 0 aliphatic rings. The minimum atomic E-state index is -0.301. The van der Waals surface area contributed by atoms with E-state index in [-0.39, 0.29) is 23.1 Å². The van der Waals surface area contributed by atoms with Crippen molar-refractivity contribution >= 4 is 11.8 Å². The maximum absolute atomic E-state index is 11.6. The van der Waals surface area contributed by atoms with Gasteiger partial charge in [-0.1, -0.05) is 27.7 Å². The highest BCUT2D eigenvalue weighted by Gasteiger charge is 2.23. The van der Waals surface area contributed by atoms with Crippen LogP contribution in [-0.2, 0) is 14.3 Å². The molecule has 82 valence electrons. The number of hydrogen-bond acceptors (Lipinski definition) is 3. The predicted molar refractivity (Wildman–Crippen MR) is 54.9 cm³/mol. The summed E-state index contributed by atoms with van der Waals surface area (Å²) in [5.41, 5.74) is -0.301. The van der Waals surface area contributed by atoms with Gasteiger partial charge in [0.2, 0.25) is 0 Å². The monoisotopic (exact) mass is 200 g/mol. The summed E-state index contributed by atoms with van der Waals surface area (Å²) in [6, 6.07) is 0. The molecule has 0 saturated carbocycles. The second kappa shape index (κ2) is 5.13. The molecule has 0 radical (unpaired) electrons. The van der Waals surface area contributed by atoms with Gasteiger partial charge in [-0.3, -0.25) is 9.59 Å². The van der Waals surface area contributed by atoms with E-state index in [9.17, 15) is 9.59 Å². The maximum atomic E-state index is 11.6. The van der Waals surface area contributed by atoms with Crippen LogP contribution in [0.1, 0.15) is 41.0 Å². The summed E-state index contributed by atoms with van der Waals surface area (Å²) in [6.45, 7) is 9.30. The van der Waals surface area contributed by atoms with Gasteiger partial charge in [0, 0.05) is 18.8 Å². The number of carbonyl (C=O) groups excluding carboxylic acids is 2. The first-order valence-electron chi connectivity index (χ1n) is 4.90. The fourth-order valence-corrected chi connectivity index (χ4v) is 0.941. The van der Waals surface area contributed by atoms with E-state index < -0.39 is 0 Å². The molecule has 0 aliphatic heterocycles. The van der Waals surface area contributed by atoms with E-state index in [4.69, 9.17) is 4.74 Å². The summed E-state index contributed by atoms with van der Waals surface area (Å²) >= 11 is 0. The van der Waals surface area contributed by atoms with Gasteiger partial charge in [0.05, 0.1) is 6.61 Å². The lowest BCUT2D eigenvalue weighted by Crippen LogP contribution is -2.24. The van der Waals surface area contributed by atoms with Gasteiger partial charge >= 0.3 is 5.97 Å². The van der Waals surface area contributed by atoms with Crippen LogP contribution in [0.2, 0.25) is 0 Å². The maximum Gasteiger partial charge on any atom is 0.302 e. The molecule has 0 aromatic rings. The number of esters is 1. The van der Waals surface area contributed by atoms with E-state index in [0.717, 1.165) is 0 Å². The third-order valence-electron chi connectivity index (χ3n) is 1.94. The summed E-state index contributed by atoms with van der Waals surface area (Å²) < 4.78 is 4.83. The lowest BCUT2D eigenvalue weighted by atomic mass is 9.86. The smallest absolute Gasteiger partial charge is 0.302 e. The van der Waals surface area contributed by atoms with E-state index in [1.807, 2.05) is 27.7 Å². The molecule has 0 rings (SSSR count). The minimum Gasteiger partial charge on any atom is -0.466 e. The Morgan fingerprint density at radius 1 is 1.29 bits per heavy atom. The van der Waals surface area contributed by atoms with Crippen LogP contribution >= 0.6 is 0 Å². The second-order valence-electron chi connectivity index (χ2n) is 4.79. The van der Waals surface area contributed by atoms with Crippen molar-refractivity contribution in [3.63, 3.8) is 0 Å². The number of carbonyl (C=O) groups is 2.